The highest BCUT2D eigenvalue weighted by Crippen LogP contribution is 2.46. The van der Waals surface area contributed by atoms with Crippen molar-refractivity contribution in [1.82, 2.24) is 14.8 Å². The number of para-hydroxylation sites is 1. The zero-order chi connectivity index (χ0) is 27.2. The van der Waals surface area contributed by atoms with E-state index in [9.17, 15) is 24.0 Å². The summed E-state index contributed by atoms with van der Waals surface area (Å²) < 4.78 is 15.0. The van der Waals surface area contributed by atoms with Crippen molar-refractivity contribution in [3.05, 3.63) is 71.7 Å². The first-order valence-corrected chi connectivity index (χ1v) is 12.6. The van der Waals surface area contributed by atoms with Crippen molar-refractivity contribution in [1.29, 1.82) is 5.26 Å². The molecule has 0 unspecified atom stereocenters. The van der Waals surface area contributed by atoms with Gasteiger partial charge in [-0.1, -0.05) is 38.1 Å². The van der Waals surface area contributed by atoms with Gasteiger partial charge in [0.05, 0.1) is 22.6 Å². The highest BCUT2D eigenvalue weighted by Gasteiger charge is 2.56. The van der Waals surface area contributed by atoms with E-state index in [0.29, 0.717) is 23.0 Å². The van der Waals surface area contributed by atoms with Crippen molar-refractivity contribution < 1.29 is 18.8 Å². The van der Waals surface area contributed by atoms with Gasteiger partial charge in [-0.2, -0.15) is 5.26 Å². The number of nitrogens with zero attached hydrogens (tertiary/aromatic N) is 4. The number of nitrogens with one attached hydrogen (secondary N) is 1. The number of hydrogen-bond acceptors (Lipinski definition) is 5. The monoisotopic (exact) mass is 513 g/mol. The number of benzene rings is 2. The van der Waals surface area contributed by atoms with E-state index in [4.69, 9.17) is 0 Å². The predicted octanol–water partition coefficient (Wildman–Crippen LogP) is 3.88. The zero-order valence-corrected chi connectivity index (χ0v) is 21.4. The van der Waals surface area contributed by atoms with E-state index in [2.05, 4.69) is 16.4 Å². The van der Waals surface area contributed by atoms with E-state index in [1.54, 1.807) is 24.4 Å². The summed E-state index contributed by atoms with van der Waals surface area (Å²) in [6.45, 7) is 3.88. The molecule has 1 fully saturated rings. The fraction of sp³-hybridized carbons (Fsp3) is 0.345. The Labute approximate surface area is 220 Å². The van der Waals surface area contributed by atoms with Gasteiger partial charge in [0.15, 0.2) is 0 Å². The molecule has 8 nitrogen and oxygen atoms in total. The van der Waals surface area contributed by atoms with Gasteiger partial charge in [-0.05, 0) is 36.1 Å². The Morgan fingerprint density at radius 2 is 2.03 bits per heavy atom. The van der Waals surface area contributed by atoms with Crippen LogP contribution in [0.3, 0.4) is 0 Å². The minimum Gasteiger partial charge on any atom is -0.330 e. The number of rotatable bonds is 5. The van der Waals surface area contributed by atoms with Crippen LogP contribution < -0.4 is 5.32 Å². The summed E-state index contributed by atoms with van der Waals surface area (Å²) in [5.41, 5.74) is 0.671. The SMILES string of the molecule is CC(C)C[C@@H](C(=O)N1C[C@]2(C[C@H]1C#N)C(=O)Nc1ccccc12)N(C)C(=O)c1cc2cccnc2cc1F. The Balaban J connectivity index is 1.48. The van der Waals surface area contributed by atoms with Crippen LogP contribution in [0.5, 0.6) is 0 Å². The molecule has 9 heteroatoms. The molecule has 194 valence electrons. The van der Waals surface area contributed by atoms with E-state index < -0.39 is 35.1 Å². The first-order chi connectivity index (χ1) is 18.2. The van der Waals surface area contributed by atoms with Crippen molar-refractivity contribution in [3.8, 4) is 6.07 Å². The minimum atomic E-state index is -1.03. The number of amides is 3. The highest BCUT2D eigenvalue weighted by molar-refractivity contribution is 6.07. The topological polar surface area (TPSA) is 106 Å². The number of halogens is 1. The fourth-order valence-electron chi connectivity index (χ4n) is 5.64. The molecule has 38 heavy (non-hydrogen) atoms. The smallest absolute Gasteiger partial charge is 0.257 e. The predicted molar refractivity (Wildman–Crippen MR) is 140 cm³/mol. The van der Waals surface area contributed by atoms with Gasteiger partial charge in [0, 0.05) is 43.4 Å². The molecule has 5 rings (SSSR count). The van der Waals surface area contributed by atoms with Gasteiger partial charge in [0.2, 0.25) is 11.8 Å². The Morgan fingerprint density at radius 1 is 1.26 bits per heavy atom. The molecular weight excluding hydrogens is 485 g/mol. The largest absolute Gasteiger partial charge is 0.330 e. The van der Waals surface area contributed by atoms with Gasteiger partial charge in [0.1, 0.15) is 17.9 Å². The first kappa shape index (κ1) is 25.3. The van der Waals surface area contributed by atoms with Gasteiger partial charge in [-0.15, -0.1) is 0 Å². The third-order valence-electron chi connectivity index (χ3n) is 7.61. The molecule has 1 aromatic heterocycles. The van der Waals surface area contributed by atoms with E-state index in [1.807, 2.05) is 32.0 Å². The summed E-state index contributed by atoms with van der Waals surface area (Å²) >= 11 is 0. The number of fused-ring (bicyclic) bond motifs is 3. The minimum absolute atomic E-state index is 0.0254. The number of pyridine rings is 1. The van der Waals surface area contributed by atoms with Crippen LogP contribution >= 0.6 is 0 Å². The third kappa shape index (κ3) is 4.06. The lowest BCUT2D eigenvalue weighted by Gasteiger charge is -2.33. The van der Waals surface area contributed by atoms with Crippen LogP contribution in [0, 0.1) is 23.1 Å². The number of anilines is 1. The summed E-state index contributed by atoms with van der Waals surface area (Å²) in [6.07, 6.45) is 2.02. The van der Waals surface area contributed by atoms with Gasteiger partial charge in [-0.25, -0.2) is 4.39 Å². The Morgan fingerprint density at radius 3 is 2.76 bits per heavy atom. The van der Waals surface area contributed by atoms with E-state index >= 15 is 0 Å². The van der Waals surface area contributed by atoms with Crippen LogP contribution in [0.25, 0.3) is 10.9 Å². The lowest BCUT2D eigenvalue weighted by atomic mass is 9.80. The second-order valence-electron chi connectivity index (χ2n) is 10.5. The quantitative estimate of drug-likeness (QED) is 0.557. The standard InChI is InChI=1S/C29H28FN5O3/c1-17(2)11-25(34(3)26(36)20-12-18-7-6-10-32-24(18)13-22(20)30)27(37)35-16-29(14-19(35)15-31)21-8-4-5-9-23(21)33-28(29)38/h4-10,12-13,17,19,25H,11,14,16H2,1-3H3,(H,33,38)/t19-,25-,29-/m0/s1. The summed E-state index contributed by atoms with van der Waals surface area (Å²) in [4.78, 5) is 47.5. The second kappa shape index (κ2) is 9.53. The summed E-state index contributed by atoms with van der Waals surface area (Å²) in [7, 11) is 1.48. The van der Waals surface area contributed by atoms with Crippen LogP contribution in [0.4, 0.5) is 10.1 Å². The molecule has 2 aliphatic rings. The normalized spacial score (nSPS) is 20.9. The maximum Gasteiger partial charge on any atom is 0.257 e. The number of carbonyl (C=O) groups is 3. The summed E-state index contributed by atoms with van der Waals surface area (Å²) in [6, 6.07) is 13.8. The van der Waals surface area contributed by atoms with E-state index in [-0.39, 0.29) is 30.4 Å². The van der Waals surface area contributed by atoms with Gasteiger partial charge in [-0.3, -0.25) is 19.4 Å². The molecule has 3 heterocycles. The van der Waals surface area contributed by atoms with Crippen molar-refractivity contribution in [2.75, 3.05) is 18.9 Å². The molecular formula is C29H28FN5O3. The van der Waals surface area contributed by atoms with Gasteiger partial charge >= 0.3 is 0 Å². The number of hydrogen-bond donors (Lipinski definition) is 1. The molecule has 0 aliphatic carbocycles. The number of likely N-dealkylation sites (N-methyl/N-ethyl adjacent to an activating group) is 1. The number of likely N-dealkylation sites (tertiary alicyclic amines) is 1. The Bertz CT molecular complexity index is 1500. The molecule has 0 saturated carbocycles. The maximum atomic E-state index is 15.0. The van der Waals surface area contributed by atoms with Crippen LogP contribution in [0.1, 0.15) is 42.6 Å². The van der Waals surface area contributed by atoms with Crippen LogP contribution in [-0.4, -0.2) is 58.2 Å². The molecule has 2 aliphatic heterocycles. The van der Waals surface area contributed by atoms with Crippen LogP contribution in [-0.2, 0) is 15.0 Å². The zero-order valence-electron chi connectivity index (χ0n) is 21.4. The molecule has 2 aromatic carbocycles. The van der Waals surface area contributed by atoms with Gasteiger partial charge in [0.25, 0.3) is 5.91 Å². The molecule has 0 radical (unpaired) electrons. The van der Waals surface area contributed by atoms with Crippen LogP contribution in [0.15, 0.2) is 54.7 Å². The first-order valence-electron chi connectivity index (χ1n) is 12.6. The molecule has 1 spiro atoms. The van der Waals surface area contributed by atoms with Crippen molar-refractivity contribution in [3.63, 3.8) is 0 Å². The highest BCUT2D eigenvalue weighted by atomic mass is 19.1. The molecule has 3 atom stereocenters. The fourth-order valence-corrected chi connectivity index (χ4v) is 5.64. The second-order valence-corrected chi connectivity index (χ2v) is 10.5. The molecule has 3 aromatic rings. The number of carbonyl (C=O) groups excluding carboxylic acids is 3. The van der Waals surface area contributed by atoms with Crippen LogP contribution in [0.2, 0.25) is 0 Å². The molecule has 3 amide bonds. The summed E-state index contributed by atoms with van der Waals surface area (Å²) in [5.74, 6) is -2.02. The molecule has 0 bridgehead atoms. The Kier molecular flexibility index (Phi) is 6.35. The van der Waals surface area contributed by atoms with Crippen molar-refractivity contribution in [2.24, 2.45) is 5.92 Å². The Hall–Kier alpha value is -4.32. The average molecular weight is 514 g/mol. The third-order valence-corrected chi connectivity index (χ3v) is 7.61. The van der Waals surface area contributed by atoms with Gasteiger partial charge < -0.3 is 15.1 Å². The number of aromatic nitrogens is 1. The summed E-state index contributed by atoms with van der Waals surface area (Å²) in [5, 5.41) is 13.5. The maximum absolute atomic E-state index is 15.0. The lowest BCUT2D eigenvalue weighted by Crippen LogP contribution is -2.52. The molecule has 1 saturated heterocycles. The van der Waals surface area contributed by atoms with Crippen molar-refractivity contribution in [2.45, 2.75) is 44.2 Å². The van der Waals surface area contributed by atoms with Crippen molar-refractivity contribution >= 4 is 34.3 Å². The number of nitriles is 1. The lowest BCUT2D eigenvalue weighted by molar-refractivity contribution is -0.136. The molecule has 1 N–H and O–H groups in total. The average Bonchev–Trinajstić information content (AvgIpc) is 3.43. The van der Waals surface area contributed by atoms with E-state index in [1.165, 1.54) is 29.0 Å². The van der Waals surface area contributed by atoms with E-state index in [0.717, 1.165) is 5.56 Å².